The molecule has 12 heteroatoms. The van der Waals surface area contributed by atoms with E-state index < -0.39 is 21.8 Å². The van der Waals surface area contributed by atoms with Crippen LogP contribution in [0.15, 0.2) is 55.0 Å². The van der Waals surface area contributed by atoms with Crippen molar-refractivity contribution in [3.05, 3.63) is 71.7 Å². The Bertz CT molecular complexity index is 1120. The van der Waals surface area contributed by atoms with Crippen molar-refractivity contribution < 1.29 is 26.3 Å². The second-order valence-corrected chi connectivity index (χ2v) is 8.28. The van der Waals surface area contributed by atoms with E-state index in [-0.39, 0.29) is 18.2 Å². The van der Waals surface area contributed by atoms with Crippen LogP contribution in [0.5, 0.6) is 11.6 Å². The van der Waals surface area contributed by atoms with Crippen molar-refractivity contribution in [1.82, 2.24) is 19.7 Å². The van der Waals surface area contributed by atoms with E-state index >= 15 is 0 Å². The zero-order valence-electron chi connectivity index (χ0n) is 16.2. The highest BCUT2D eigenvalue weighted by molar-refractivity contribution is 7.88. The Morgan fingerprint density at radius 1 is 1.00 bits per heavy atom. The Balaban J connectivity index is 1.60. The van der Waals surface area contributed by atoms with E-state index in [2.05, 4.69) is 25.0 Å². The summed E-state index contributed by atoms with van der Waals surface area (Å²) in [4.78, 5) is 11.4. The summed E-state index contributed by atoms with van der Waals surface area (Å²) in [5.41, 5.74) is 0.418. The van der Waals surface area contributed by atoms with Crippen molar-refractivity contribution in [2.75, 3.05) is 12.4 Å². The molecule has 0 aliphatic carbocycles. The molecule has 0 spiro atoms. The van der Waals surface area contributed by atoms with Crippen LogP contribution in [0, 0.1) is 0 Å². The molecule has 0 fully saturated rings. The maximum Gasteiger partial charge on any atom is 0.419 e. The minimum absolute atomic E-state index is 0.0550. The number of halogens is 3. The fraction of sp³-hybridized carbons (Fsp3) is 0.211. The van der Waals surface area contributed by atoms with Crippen LogP contribution >= 0.6 is 0 Å². The maximum absolute atomic E-state index is 12.6. The molecular formula is C19H18F3N5O3S. The monoisotopic (exact) mass is 453 g/mol. The molecule has 3 aromatic rings. The third-order valence-corrected chi connectivity index (χ3v) is 5.38. The first-order valence-electron chi connectivity index (χ1n) is 8.91. The van der Waals surface area contributed by atoms with E-state index in [1.165, 1.54) is 13.2 Å². The quantitative estimate of drug-likeness (QED) is 0.539. The van der Waals surface area contributed by atoms with Crippen LogP contribution in [-0.2, 0) is 28.5 Å². The van der Waals surface area contributed by atoms with Crippen LogP contribution in [0.25, 0.3) is 0 Å². The highest BCUT2D eigenvalue weighted by Crippen LogP contribution is 2.28. The predicted molar refractivity (Wildman–Crippen MR) is 107 cm³/mol. The van der Waals surface area contributed by atoms with Crippen molar-refractivity contribution in [1.29, 1.82) is 0 Å². The number of nitrogens with zero attached hydrogens (tertiary/aromatic N) is 3. The topological polar surface area (TPSA) is 106 Å². The Labute approximate surface area is 176 Å². The molecule has 0 aliphatic heterocycles. The summed E-state index contributed by atoms with van der Waals surface area (Å²) in [7, 11) is -2.01. The first-order valence-corrected chi connectivity index (χ1v) is 10.6. The largest absolute Gasteiger partial charge is 0.439 e. The lowest BCUT2D eigenvalue weighted by atomic mass is 10.2. The highest BCUT2D eigenvalue weighted by Gasteiger charge is 2.31. The number of hydrogen-bond donors (Lipinski definition) is 2. The van der Waals surface area contributed by atoms with Gasteiger partial charge in [-0.05, 0) is 36.4 Å². The summed E-state index contributed by atoms with van der Waals surface area (Å²) in [6, 6.07) is 9.88. The minimum Gasteiger partial charge on any atom is -0.439 e. The van der Waals surface area contributed by atoms with Crippen LogP contribution in [0.4, 0.5) is 19.1 Å². The standard InChI is InChI=1S/C19H18F3N5O3S/c1-23-31(28,29)12-13-2-4-16(5-3-13)30-17-8-14(6-7-24-17)9-25-18-26-10-15(11-27-18)19(20,21)22/h2-8,10-11,23H,9,12H2,1H3,(H,25,26,27). The predicted octanol–water partition coefficient (Wildman–Crippen LogP) is 3.34. The van der Waals surface area contributed by atoms with Gasteiger partial charge in [0, 0.05) is 31.2 Å². The third kappa shape index (κ3) is 6.62. The number of hydrogen-bond acceptors (Lipinski definition) is 7. The lowest BCUT2D eigenvalue weighted by Gasteiger charge is -2.09. The van der Waals surface area contributed by atoms with Gasteiger partial charge in [0.2, 0.25) is 21.9 Å². The van der Waals surface area contributed by atoms with Crippen LogP contribution in [-0.4, -0.2) is 30.4 Å². The summed E-state index contributed by atoms with van der Waals surface area (Å²) >= 11 is 0. The van der Waals surface area contributed by atoms with Crippen molar-refractivity contribution in [3.63, 3.8) is 0 Å². The van der Waals surface area contributed by atoms with Gasteiger partial charge < -0.3 is 10.1 Å². The van der Waals surface area contributed by atoms with E-state index in [1.54, 1.807) is 36.4 Å². The lowest BCUT2D eigenvalue weighted by Crippen LogP contribution is -2.20. The van der Waals surface area contributed by atoms with Gasteiger partial charge in [-0.1, -0.05) is 12.1 Å². The third-order valence-electron chi connectivity index (χ3n) is 4.04. The van der Waals surface area contributed by atoms with Gasteiger partial charge in [-0.2, -0.15) is 13.2 Å². The molecule has 8 nitrogen and oxygen atoms in total. The second-order valence-electron chi connectivity index (χ2n) is 6.36. The number of ether oxygens (including phenoxy) is 1. The summed E-state index contributed by atoms with van der Waals surface area (Å²) in [5, 5.41) is 2.83. The Kier molecular flexibility index (Phi) is 6.71. The number of benzene rings is 1. The molecule has 0 radical (unpaired) electrons. The Hall–Kier alpha value is -3.25. The van der Waals surface area contributed by atoms with Gasteiger partial charge in [-0.25, -0.2) is 28.1 Å². The normalized spacial score (nSPS) is 11.9. The second kappa shape index (κ2) is 9.27. The van der Waals surface area contributed by atoms with Crippen molar-refractivity contribution in [3.8, 4) is 11.6 Å². The number of anilines is 1. The lowest BCUT2D eigenvalue weighted by molar-refractivity contribution is -0.138. The highest BCUT2D eigenvalue weighted by atomic mass is 32.2. The summed E-state index contributed by atoms with van der Waals surface area (Å²) in [6.45, 7) is 0.241. The molecule has 0 saturated heterocycles. The average Bonchev–Trinajstić information content (AvgIpc) is 2.73. The first-order chi connectivity index (χ1) is 14.6. The Morgan fingerprint density at radius 3 is 2.29 bits per heavy atom. The minimum atomic E-state index is -4.49. The molecule has 0 unspecified atom stereocenters. The van der Waals surface area contributed by atoms with Gasteiger partial charge in [0.25, 0.3) is 0 Å². The molecule has 0 atom stereocenters. The van der Waals surface area contributed by atoms with Crippen molar-refractivity contribution in [2.45, 2.75) is 18.5 Å². The number of sulfonamides is 1. The molecule has 0 aliphatic rings. The maximum atomic E-state index is 12.6. The fourth-order valence-electron chi connectivity index (χ4n) is 2.43. The molecule has 164 valence electrons. The Morgan fingerprint density at radius 2 is 1.68 bits per heavy atom. The van der Waals surface area contributed by atoms with E-state index in [1.807, 2.05) is 0 Å². The first kappa shape index (κ1) is 22.4. The van der Waals surface area contributed by atoms with Crippen molar-refractivity contribution >= 4 is 16.0 Å². The number of alkyl halides is 3. The molecule has 2 N–H and O–H groups in total. The molecule has 0 bridgehead atoms. The number of aromatic nitrogens is 3. The molecule has 2 aromatic heterocycles. The van der Waals surface area contributed by atoms with Crippen LogP contribution in [0.1, 0.15) is 16.7 Å². The van der Waals surface area contributed by atoms with Crippen LogP contribution < -0.4 is 14.8 Å². The fourth-order valence-corrected chi connectivity index (χ4v) is 3.20. The molecule has 31 heavy (non-hydrogen) atoms. The smallest absolute Gasteiger partial charge is 0.419 e. The van der Waals surface area contributed by atoms with Gasteiger partial charge in [-0.15, -0.1) is 0 Å². The molecule has 2 heterocycles. The van der Waals surface area contributed by atoms with Crippen LogP contribution in [0.2, 0.25) is 0 Å². The molecule has 0 amide bonds. The number of nitrogens with one attached hydrogen (secondary N) is 2. The van der Waals surface area contributed by atoms with E-state index in [0.717, 1.165) is 5.56 Å². The zero-order valence-corrected chi connectivity index (χ0v) is 17.0. The SMILES string of the molecule is CNS(=O)(=O)Cc1ccc(Oc2cc(CNc3ncc(C(F)(F)F)cn3)ccn2)cc1. The molecule has 1 aromatic carbocycles. The molecule has 0 saturated carbocycles. The average molecular weight is 453 g/mol. The van der Waals surface area contributed by atoms with Gasteiger partial charge >= 0.3 is 6.18 Å². The number of rotatable bonds is 8. The van der Waals surface area contributed by atoms with E-state index in [9.17, 15) is 21.6 Å². The van der Waals surface area contributed by atoms with Gasteiger partial charge in [0.15, 0.2) is 0 Å². The zero-order chi connectivity index (χ0) is 22.5. The summed E-state index contributed by atoms with van der Waals surface area (Å²) in [5.74, 6) is 0.673. The van der Waals surface area contributed by atoms with Gasteiger partial charge in [0.1, 0.15) is 5.75 Å². The van der Waals surface area contributed by atoms with Crippen molar-refractivity contribution in [2.24, 2.45) is 0 Å². The number of pyridine rings is 1. The summed E-state index contributed by atoms with van der Waals surface area (Å²) < 4.78 is 68.8. The van der Waals surface area contributed by atoms with Gasteiger partial charge in [0.05, 0.1) is 11.3 Å². The van der Waals surface area contributed by atoms with Crippen LogP contribution in [0.3, 0.4) is 0 Å². The van der Waals surface area contributed by atoms with E-state index in [4.69, 9.17) is 4.74 Å². The molecule has 3 rings (SSSR count). The summed E-state index contributed by atoms with van der Waals surface area (Å²) in [6.07, 6.45) is -1.55. The van der Waals surface area contributed by atoms with Gasteiger partial charge in [-0.3, -0.25) is 0 Å². The molecular weight excluding hydrogens is 435 g/mol. The van der Waals surface area contributed by atoms with E-state index in [0.29, 0.717) is 29.6 Å².